The maximum atomic E-state index is 12.7. The molecule has 6 nitrogen and oxygen atoms in total. The van der Waals surface area contributed by atoms with Crippen molar-refractivity contribution in [1.82, 2.24) is 19.9 Å². The zero-order chi connectivity index (χ0) is 19.3. The van der Waals surface area contributed by atoms with E-state index in [2.05, 4.69) is 9.97 Å². The number of carbonyl (C=O) groups is 1. The Morgan fingerprint density at radius 3 is 2.75 bits per heavy atom. The molecule has 1 unspecified atom stereocenters. The summed E-state index contributed by atoms with van der Waals surface area (Å²) in [5.41, 5.74) is 3.39. The molecule has 0 aliphatic carbocycles. The van der Waals surface area contributed by atoms with Crippen LogP contribution in [0.25, 0.3) is 11.3 Å². The number of carbonyl (C=O) groups excluding carboxylic acids is 1. The summed E-state index contributed by atoms with van der Waals surface area (Å²) in [5.74, 6) is 0.974. The lowest BCUT2D eigenvalue weighted by molar-refractivity contribution is 0.0699. The monoisotopic (exact) mass is 374 g/mol. The largest absolute Gasteiger partial charge is 0.497 e. The molecule has 0 radical (unpaired) electrons. The number of ether oxygens (including phenoxy) is 1. The molecule has 0 saturated carbocycles. The number of likely N-dealkylation sites (tertiary alicyclic amines) is 1. The average Bonchev–Trinajstić information content (AvgIpc) is 2.79. The minimum absolute atomic E-state index is 0.0656. The van der Waals surface area contributed by atoms with Crippen molar-refractivity contribution >= 4 is 5.91 Å². The molecule has 0 bridgehead atoms. The van der Waals surface area contributed by atoms with E-state index in [1.54, 1.807) is 19.5 Å². The average molecular weight is 374 g/mol. The molecule has 0 spiro atoms. The highest BCUT2D eigenvalue weighted by Crippen LogP contribution is 2.28. The predicted octanol–water partition coefficient (Wildman–Crippen LogP) is 3.57. The fraction of sp³-hybridized carbons (Fsp3) is 0.273. The summed E-state index contributed by atoms with van der Waals surface area (Å²) in [6.07, 6.45) is 6.61. The zero-order valence-electron chi connectivity index (χ0n) is 15.8. The van der Waals surface area contributed by atoms with E-state index in [1.807, 2.05) is 47.4 Å². The summed E-state index contributed by atoms with van der Waals surface area (Å²) in [6.45, 7) is 1.39. The van der Waals surface area contributed by atoms with E-state index in [1.165, 1.54) is 6.20 Å². The molecule has 3 aromatic rings. The minimum Gasteiger partial charge on any atom is -0.497 e. The van der Waals surface area contributed by atoms with Gasteiger partial charge in [-0.25, -0.2) is 4.98 Å². The van der Waals surface area contributed by atoms with Crippen LogP contribution in [-0.2, 0) is 0 Å². The van der Waals surface area contributed by atoms with E-state index in [4.69, 9.17) is 9.72 Å². The highest BCUT2D eigenvalue weighted by atomic mass is 16.5. The van der Waals surface area contributed by atoms with Gasteiger partial charge in [0, 0.05) is 42.7 Å². The number of pyridine rings is 1. The van der Waals surface area contributed by atoms with E-state index in [9.17, 15) is 4.79 Å². The van der Waals surface area contributed by atoms with Gasteiger partial charge in [0.05, 0.1) is 19.0 Å². The number of aromatic nitrogens is 3. The number of hydrogen-bond acceptors (Lipinski definition) is 5. The van der Waals surface area contributed by atoms with E-state index >= 15 is 0 Å². The second-order valence-electron chi connectivity index (χ2n) is 6.86. The molecule has 1 saturated heterocycles. The number of methoxy groups -OCH3 is 1. The normalized spacial score (nSPS) is 16.6. The van der Waals surface area contributed by atoms with Gasteiger partial charge in [0.1, 0.15) is 11.4 Å². The molecule has 1 aliphatic heterocycles. The molecule has 1 aromatic carbocycles. The van der Waals surface area contributed by atoms with Crippen molar-refractivity contribution in [2.45, 2.75) is 18.8 Å². The first-order valence-electron chi connectivity index (χ1n) is 9.41. The van der Waals surface area contributed by atoms with Gasteiger partial charge in [0.25, 0.3) is 5.91 Å². The topological polar surface area (TPSA) is 68.2 Å². The molecule has 1 fully saturated rings. The number of amides is 1. The van der Waals surface area contributed by atoms with Gasteiger partial charge in [-0.15, -0.1) is 0 Å². The Bertz CT molecular complexity index is 944. The van der Waals surface area contributed by atoms with Crippen LogP contribution in [0.1, 0.15) is 34.9 Å². The lowest BCUT2D eigenvalue weighted by Crippen LogP contribution is -2.39. The summed E-state index contributed by atoms with van der Waals surface area (Å²) in [4.78, 5) is 27.6. The summed E-state index contributed by atoms with van der Waals surface area (Å²) in [5, 5.41) is 0. The Balaban J connectivity index is 1.53. The van der Waals surface area contributed by atoms with Gasteiger partial charge in [0.15, 0.2) is 0 Å². The molecule has 142 valence electrons. The predicted molar refractivity (Wildman–Crippen MR) is 106 cm³/mol. The SMILES string of the molecule is COc1ccc(-c2cccc(C3CCCN(C(=O)c4cnccn4)C3)n2)cc1. The third-order valence-electron chi connectivity index (χ3n) is 5.07. The second kappa shape index (κ2) is 8.17. The van der Waals surface area contributed by atoms with Gasteiger partial charge < -0.3 is 9.64 Å². The molecule has 6 heteroatoms. The van der Waals surface area contributed by atoms with E-state index < -0.39 is 0 Å². The van der Waals surface area contributed by atoms with Crippen LogP contribution in [0.3, 0.4) is 0 Å². The third-order valence-corrected chi connectivity index (χ3v) is 5.07. The number of nitrogens with zero attached hydrogens (tertiary/aromatic N) is 4. The van der Waals surface area contributed by atoms with Crippen LogP contribution in [0.4, 0.5) is 0 Å². The summed E-state index contributed by atoms with van der Waals surface area (Å²) < 4.78 is 5.23. The molecule has 2 aromatic heterocycles. The van der Waals surface area contributed by atoms with Gasteiger partial charge in [-0.3, -0.25) is 14.8 Å². The molecule has 4 rings (SSSR count). The quantitative estimate of drug-likeness (QED) is 0.698. The van der Waals surface area contributed by atoms with Crippen LogP contribution in [0.2, 0.25) is 0 Å². The van der Waals surface area contributed by atoms with Gasteiger partial charge in [-0.2, -0.15) is 0 Å². The van der Waals surface area contributed by atoms with E-state index in [0.29, 0.717) is 12.2 Å². The van der Waals surface area contributed by atoms with Crippen LogP contribution < -0.4 is 4.74 Å². The fourth-order valence-corrected chi connectivity index (χ4v) is 3.58. The van der Waals surface area contributed by atoms with Gasteiger partial charge in [-0.1, -0.05) is 6.07 Å². The Morgan fingerprint density at radius 1 is 1.14 bits per heavy atom. The first-order chi connectivity index (χ1) is 13.7. The fourth-order valence-electron chi connectivity index (χ4n) is 3.58. The van der Waals surface area contributed by atoms with Crippen LogP contribution in [0.15, 0.2) is 61.1 Å². The molecule has 1 atom stereocenters. The number of piperidine rings is 1. The lowest BCUT2D eigenvalue weighted by atomic mass is 9.93. The summed E-state index contributed by atoms with van der Waals surface area (Å²) in [6, 6.07) is 14.0. The van der Waals surface area contributed by atoms with Gasteiger partial charge in [-0.05, 0) is 49.2 Å². The Kier molecular flexibility index (Phi) is 5.28. The molecular weight excluding hydrogens is 352 g/mol. The van der Waals surface area contributed by atoms with Gasteiger partial charge >= 0.3 is 0 Å². The number of benzene rings is 1. The first-order valence-corrected chi connectivity index (χ1v) is 9.41. The van der Waals surface area contributed by atoms with Crippen LogP contribution in [0, 0.1) is 0 Å². The number of rotatable bonds is 4. The van der Waals surface area contributed by atoms with Crippen molar-refractivity contribution < 1.29 is 9.53 Å². The van der Waals surface area contributed by atoms with E-state index in [-0.39, 0.29) is 11.8 Å². The van der Waals surface area contributed by atoms with Crippen molar-refractivity contribution in [3.8, 4) is 17.0 Å². The highest BCUT2D eigenvalue weighted by Gasteiger charge is 2.27. The highest BCUT2D eigenvalue weighted by molar-refractivity contribution is 5.92. The molecular formula is C22H22N4O2. The van der Waals surface area contributed by atoms with Crippen molar-refractivity contribution in [2.24, 2.45) is 0 Å². The Labute approximate surface area is 164 Å². The third kappa shape index (κ3) is 3.86. The zero-order valence-corrected chi connectivity index (χ0v) is 15.8. The van der Waals surface area contributed by atoms with Gasteiger partial charge in [0.2, 0.25) is 0 Å². The molecule has 1 aliphatic rings. The second-order valence-corrected chi connectivity index (χ2v) is 6.86. The van der Waals surface area contributed by atoms with Crippen LogP contribution >= 0.6 is 0 Å². The summed E-state index contributed by atoms with van der Waals surface area (Å²) in [7, 11) is 1.66. The molecule has 28 heavy (non-hydrogen) atoms. The Hall–Kier alpha value is -3.28. The maximum Gasteiger partial charge on any atom is 0.274 e. The smallest absolute Gasteiger partial charge is 0.274 e. The number of hydrogen-bond donors (Lipinski definition) is 0. The van der Waals surface area contributed by atoms with Crippen LogP contribution in [0.5, 0.6) is 5.75 Å². The minimum atomic E-state index is -0.0656. The molecule has 0 N–H and O–H groups in total. The first kappa shape index (κ1) is 18.1. The summed E-state index contributed by atoms with van der Waals surface area (Å²) >= 11 is 0. The van der Waals surface area contributed by atoms with Crippen molar-refractivity contribution in [3.05, 3.63) is 72.4 Å². The van der Waals surface area contributed by atoms with E-state index in [0.717, 1.165) is 42.1 Å². The lowest BCUT2D eigenvalue weighted by Gasteiger charge is -2.32. The maximum absolute atomic E-state index is 12.7. The Morgan fingerprint density at radius 2 is 2.00 bits per heavy atom. The molecule has 3 heterocycles. The standard InChI is InChI=1S/C22H22N4O2/c1-28-18-9-7-16(8-10-18)19-5-2-6-20(25-19)17-4-3-13-26(15-17)22(27)21-14-23-11-12-24-21/h2,5-12,14,17H,3-4,13,15H2,1H3. The van der Waals surface area contributed by atoms with Crippen molar-refractivity contribution in [1.29, 1.82) is 0 Å². The molecule has 1 amide bonds. The van der Waals surface area contributed by atoms with Crippen molar-refractivity contribution in [3.63, 3.8) is 0 Å². The van der Waals surface area contributed by atoms with Crippen LogP contribution in [-0.4, -0.2) is 46.0 Å². The van der Waals surface area contributed by atoms with Crippen molar-refractivity contribution in [2.75, 3.05) is 20.2 Å².